The third-order valence-electron chi connectivity index (χ3n) is 5.01. The monoisotopic (exact) mass is 415 g/mol. The number of nitrogens with zero attached hydrogens (tertiary/aromatic N) is 4. The summed E-state index contributed by atoms with van der Waals surface area (Å²) in [5.74, 6) is 0.610. The van der Waals surface area contributed by atoms with Crippen molar-refractivity contribution in [2.45, 2.75) is 25.3 Å². The van der Waals surface area contributed by atoms with Crippen LogP contribution in [0.15, 0.2) is 41.7 Å². The van der Waals surface area contributed by atoms with Gasteiger partial charge in [-0.1, -0.05) is 12.1 Å². The molecule has 3 rings (SSSR count). The van der Waals surface area contributed by atoms with Crippen molar-refractivity contribution in [1.29, 1.82) is 0 Å². The highest BCUT2D eigenvalue weighted by atomic mass is 19.3. The second kappa shape index (κ2) is 10.1. The summed E-state index contributed by atoms with van der Waals surface area (Å²) < 4.78 is 25.0. The number of nitrogens with one attached hydrogen (secondary N) is 1. The Balaban J connectivity index is 2.00. The van der Waals surface area contributed by atoms with Crippen LogP contribution in [0.5, 0.6) is 0 Å². The molecule has 0 aliphatic carbocycles. The van der Waals surface area contributed by atoms with Gasteiger partial charge in [-0.05, 0) is 25.0 Å². The van der Waals surface area contributed by atoms with Crippen molar-refractivity contribution >= 4 is 23.4 Å². The van der Waals surface area contributed by atoms with E-state index in [0.29, 0.717) is 22.8 Å². The fourth-order valence-corrected chi connectivity index (χ4v) is 3.28. The number of hydrogen-bond acceptors (Lipinski definition) is 7. The van der Waals surface area contributed by atoms with E-state index in [9.17, 15) is 8.78 Å². The molecule has 5 N–H and O–H groups in total. The van der Waals surface area contributed by atoms with Crippen molar-refractivity contribution in [3.05, 3.63) is 42.2 Å². The Kier molecular flexibility index (Phi) is 7.29. The zero-order valence-electron chi connectivity index (χ0n) is 16.9. The van der Waals surface area contributed by atoms with E-state index in [-0.39, 0.29) is 6.04 Å². The molecule has 0 amide bonds. The molecule has 1 aromatic carbocycles. The van der Waals surface area contributed by atoms with Gasteiger partial charge in [-0.2, -0.15) is 0 Å². The molecule has 9 heteroatoms. The van der Waals surface area contributed by atoms with Gasteiger partial charge in [-0.25, -0.2) is 18.7 Å². The number of rotatable bonds is 7. The van der Waals surface area contributed by atoms with Crippen LogP contribution < -0.4 is 21.7 Å². The van der Waals surface area contributed by atoms with Gasteiger partial charge >= 0.3 is 0 Å². The summed E-state index contributed by atoms with van der Waals surface area (Å²) >= 11 is 0. The predicted molar refractivity (Wildman–Crippen MR) is 118 cm³/mol. The molecule has 0 atom stereocenters. The maximum atomic E-state index is 12.5. The van der Waals surface area contributed by atoms with E-state index in [2.05, 4.69) is 20.2 Å². The lowest BCUT2D eigenvalue weighted by Crippen LogP contribution is -2.40. The highest BCUT2D eigenvalue weighted by molar-refractivity contribution is 6.11. The lowest BCUT2D eigenvalue weighted by atomic mass is 10.0. The molecule has 0 unspecified atom stereocenters. The highest BCUT2D eigenvalue weighted by Crippen LogP contribution is 2.29. The van der Waals surface area contributed by atoms with E-state index >= 15 is 0 Å². The highest BCUT2D eigenvalue weighted by Gasteiger charge is 2.20. The average molecular weight is 415 g/mol. The molecule has 2 aromatic rings. The molecule has 0 bridgehead atoms. The quantitative estimate of drug-likeness (QED) is 0.601. The van der Waals surface area contributed by atoms with Crippen LogP contribution in [-0.2, 0) is 0 Å². The summed E-state index contributed by atoms with van der Waals surface area (Å²) in [5.41, 5.74) is 15.4. The van der Waals surface area contributed by atoms with E-state index in [4.69, 9.17) is 16.5 Å². The smallest absolute Gasteiger partial charge is 0.257 e. The van der Waals surface area contributed by atoms with Crippen LogP contribution in [-0.4, -0.2) is 55.3 Å². The first-order valence-electron chi connectivity index (χ1n) is 9.87. The van der Waals surface area contributed by atoms with Crippen LogP contribution in [0.1, 0.15) is 18.4 Å². The minimum atomic E-state index is -2.52. The first-order chi connectivity index (χ1) is 14.5. The molecule has 1 aliphatic heterocycles. The summed E-state index contributed by atoms with van der Waals surface area (Å²) in [6.07, 6.45) is 3.59. The Bertz CT molecular complexity index is 889. The molecule has 7 nitrogen and oxygen atoms in total. The second-order valence-electron chi connectivity index (χ2n) is 7.09. The fraction of sp³-hybridized carbons (Fsp3) is 0.381. The molecule has 0 spiro atoms. The Morgan fingerprint density at radius 3 is 2.60 bits per heavy atom. The van der Waals surface area contributed by atoms with Crippen LogP contribution in [0.3, 0.4) is 0 Å². The largest absolute Gasteiger partial charge is 0.404 e. The Morgan fingerprint density at radius 2 is 2.00 bits per heavy atom. The number of aromatic nitrogens is 2. The standard InChI is InChI=1S/C21H27F2N7/c1-26-17-4-2-14(3-5-17)20-18(15(10-24)11-27-13-19(22)23)12-28-21(29-20)30-8-6-16(25)7-9-30/h2-5,10-12,16,19,26H,6-9,13,24-25H2,1H3. The Hall–Kier alpha value is -3.07. The molecule has 0 saturated carbocycles. The number of allylic oxidation sites excluding steroid dienone is 1. The predicted octanol–water partition coefficient (Wildman–Crippen LogP) is 2.75. The van der Waals surface area contributed by atoms with Gasteiger partial charge in [0.1, 0.15) is 0 Å². The zero-order chi connectivity index (χ0) is 21.5. The molecule has 160 valence electrons. The first kappa shape index (κ1) is 21.6. The minimum absolute atomic E-state index is 0.201. The third-order valence-corrected chi connectivity index (χ3v) is 5.01. The van der Waals surface area contributed by atoms with Gasteiger partial charge in [0, 0.05) is 67.2 Å². The lowest BCUT2D eigenvalue weighted by molar-refractivity contribution is 0.159. The number of benzene rings is 1. The van der Waals surface area contributed by atoms with Crippen molar-refractivity contribution < 1.29 is 8.78 Å². The third kappa shape index (κ3) is 5.29. The maximum absolute atomic E-state index is 12.5. The molecule has 2 heterocycles. The van der Waals surface area contributed by atoms with Gasteiger partial charge in [0.15, 0.2) is 0 Å². The minimum Gasteiger partial charge on any atom is -0.404 e. The number of alkyl halides is 2. The SMILES string of the molecule is CNc1ccc(-c2nc(N3CCC(N)CC3)ncc2C(C=NCC(F)F)=CN)cc1. The number of nitrogens with two attached hydrogens (primary N) is 2. The molecular formula is C21H27F2N7. The zero-order valence-corrected chi connectivity index (χ0v) is 16.9. The summed E-state index contributed by atoms with van der Waals surface area (Å²) in [6.45, 7) is 0.985. The van der Waals surface area contributed by atoms with Gasteiger partial charge in [0.25, 0.3) is 6.43 Å². The fourth-order valence-electron chi connectivity index (χ4n) is 3.28. The van der Waals surface area contributed by atoms with Crippen LogP contribution in [0.4, 0.5) is 20.4 Å². The van der Waals surface area contributed by atoms with Crippen molar-refractivity contribution in [3.63, 3.8) is 0 Å². The van der Waals surface area contributed by atoms with E-state index in [0.717, 1.165) is 37.2 Å². The molecule has 1 saturated heterocycles. The first-order valence-corrected chi connectivity index (χ1v) is 9.87. The average Bonchev–Trinajstić information content (AvgIpc) is 2.77. The molecule has 0 radical (unpaired) electrons. The van der Waals surface area contributed by atoms with Crippen LogP contribution in [0, 0.1) is 0 Å². The number of anilines is 2. The van der Waals surface area contributed by atoms with Gasteiger partial charge in [-0.3, -0.25) is 4.99 Å². The van der Waals surface area contributed by atoms with Crippen molar-refractivity contribution in [3.8, 4) is 11.3 Å². The van der Waals surface area contributed by atoms with E-state index in [1.54, 1.807) is 6.20 Å². The van der Waals surface area contributed by atoms with E-state index in [1.165, 1.54) is 12.4 Å². The van der Waals surface area contributed by atoms with Crippen molar-refractivity contribution in [1.82, 2.24) is 9.97 Å². The molecule has 1 aliphatic rings. The van der Waals surface area contributed by atoms with Gasteiger partial charge in [-0.15, -0.1) is 0 Å². The molecule has 30 heavy (non-hydrogen) atoms. The summed E-state index contributed by atoms with van der Waals surface area (Å²) in [5, 5.41) is 3.08. The van der Waals surface area contributed by atoms with Crippen LogP contribution in [0.2, 0.25) is 0 Å². The number of hydrogen-bond donors (Lipinski definition) is 3. The summed E-state index contributed by atoms with van der Waals surface area (Å²) in [7, 11) is 1.85. The number of aliphatic imine (C=N–C) groups is 1. The second-order valence-corrected chi connectivity index (χ2v) is 7.09. The number of halogens is 2. The van der Waals surface area contributed by atoms with Crippen molar-refractivity contribution in [2.75, 3.05) is 36.9 Å². The normalized spacial score (nSPS) is 15.9. The lowest BCUT2D eigenvalue weighted by Gasteiger charge is -2.30. The van der Waals surface area contributed by atoms with E-state index < -0.39 is 13.0 Å². The maximum Gasteiger partial charge on any atom is 0.257 e. The van der Waals surface area contributed by atoms with Crippen LogP contribution >= 0.6 is 0 Å². The number of piperidine rings is 1. The summed E-state index contributed by atoms with van der Waals surface area (Å²) in [6, 6.07) is 7.97. The molecule has 1 aromatic heterocycles. The van der Waals surface area contributed by atoms with E-state index in [1.807, 2.05) is 31.3 Å². The Labute approximate surface area is 174 Å². The summed E-state index contributed by atoms with van der Waals surface area (Å²) in [4.78, 5) is 15.2. The molecule has 1 fully saturated rings. The van der Waals surface area contributed by atoms with Crippen LogP contribution in [0.25, 0.3) is 16.8 Å². The molecular weight excluding hydrogens is 388 g/mol. The van der Waals surface area contributed by atoms with Gasteiger partial charge in [0.2, 0.25) is 5.95 Å². The Morgan fingerprint density at radius 1 is 1.30 bits per heavy atom. The van der Waals surface area contributed by atoms with Gasteiger partial charge in [0.05, 0.1) is 12.2 Å². The van der Waals surface area contributed by atoms with Crippen molar-refractivity contribution in [2.24, 2.45) is 16.5 Å². The topological polar surface area (TPSA) is 105 Å². The van der Waals surface area contributed by atoms with Gasteiger partial charge < -0.3 is 21.7 Å².